The van der Waals surface area contributed by atoms with E-state index in [1.807, 2.05) is 13.8 Å². The van der Waals surface area contributed by atoms with E-state index in [1.165, 1.54) is 12.1 Å². The minimum Gasteiger partial charge on any atom is -0.508 e. The van der Waals surface area contributed by atoms with Crippen LogP contribution in [0.15, 0.2) is 36.4 Å². The number of phenolic OH excluding ortho intramolecular Hbond substituents is 1. The van der Waals surface area contributed by atoms with Crippen molar-refractivity contribution in [1.29, 1.82) is 0 Å². The van der Waals surface area contributed by atoms with Crippen molar-refractivity contribution in [3.63, 3.8) is 0 Å². The number of halogens is 1. The van der Waals surface area contributed by atoms with Gasteiger partial charge in [-0.2, -0.15) is 0 Å². The Bertz CT molecular complexity index is 994. The zero-order chi connectivity index (χ0) is 20.7. The van der Waals surface area contributed by atoms with Crippen molar-refractivity contribution in [3.05, 3.63) is 53.1 Å². The van der Waals surface area contributed by atoms with E-state index in [2.05, 4.69) is 0 Å². The molecule has 160 valence electrons. The third kappa shape index (κ3) is 4.61. The summed E-state index contributed by atoms with van der Waals surface area (Å²) in [6.07, 6.45) is -0.0597. The summed E-state index contributed by atoms with van der Waals surface area (Å²) in [4.78, 5) is 0. The predicted molar refractivity (Wildman–Crippen MR) is 112 cm³/mol. The van der Waals surface area contributed by atoms with Gasteiger partial charge in [0.05, 0.1) is 11.3 Å². The molecule has 3 rings (SSSR count). The fourth-order valence-electron chi connectivity index (χ4n) is 3.42. The molecule has 0 spiro atoms. The van der Waals surface area contributed by atoms with E-state index in [1.54, 1.807) is 24.3 Å². The first-order valence-electron chi connectivity index (χ1n) is 8.89. The molecule has 29 heavy (non-hydrogen) atoms. The monoisotopic (exact) mass is 443 g/mol. The molecular weight excluding hydrogens is 418 g/mol. The first-order valence-corrected chi connectivity index (χ1v) is 10.9. The van der Waals surface area contributed by atoms with Crippen LogP contribution in [0.5, 0.6) is 17.2 Å². The number of fused-ring (bicyclic) bond motifs is 1. The minimum absolute atomic E-state index is 0. The number of phenols is 1. The second-order valence-electron chi connectivity index (χ2n) is 7.52. The lowest BCUT2D eigenvalue weighted by molar-refractivity contribution is 0.0518. The molecular formula is C20H26ClNO6S. The lowest BCUT2D eigenvalue weighted by atomic mass is 9.74. The summed E-state index contributed by atoms with van der Waals surface area (Å²) in [5, 5.41) is 21.2. The van der Waals surface area contributed by atoms with Crippen molar-refractivity contribution >= 4 is 22.2 Å². The Labute approximate surface area is 176 Å². The van der Waals surface area contributed by atoms with Crippen molar-refractivity contribution in [2.45, 2.75) is 31.2 Å². The third-order valence-corrected chi connectivity index (χ3v) is 5.95. The molecule has 0 saturated heterocycles. The van der Waals surface area contributed by atoms with Crippen LogP contribution in [0.4, 0.5) is 0 Å². The van der Waals surface area contributed by atoms with Gasteiger partial charge >= 0.3 is 0 Å². The quantitative estimate of drug-likeness (QED) is 0.627. The highest BCUT2D eigenvalue weighted by Crippen LogP contribution is 2.43. The molecule has 2 atom stereocenters. The standard InChI is InChI=1S/C20H25NO6S.ClH/c1-12(2)20(21,15-5-7-17-18(9-15)27-11-26-17)19(23)13-4-6-16(22)14(8-13)10-28(3,24)25;/h4-9,12,19,22-23H,10-11,21H2,1-3H3;1H. The van der Waals surface area contributed by atoms with Gasteiger partial charge in [-0.05, 0) is 41.3 Å². The molecule has 0 saturated carbocycles. The molecule has 0 bridgehead atoms. The van der Waals surface area contributed by atoms with Crippen molar-refractivity contribution in [2.24, 2.45) is 11.7 Å². The summed E-state index contributed by atoms with van der Waals surface area (Å²) in [6.45, 7) is 3.92. The first-order chi connectivity index (χ1) is 13.0. The van der Waals surface area contributed by atoms with Gasteiger partial charge in [0.1, 0.15) is 11.9 Å². The number of aromatic hydroxyl groups is 1. The van der Waals surface area contributed by atoms with Crippen LogP contribution in [0.2, 0.25) is 0 Å². The summed E-state index contributed by atoms with van der Waals surface area (Å²) in [6, 6.07) is 9.69. The highest BCUT2D eigenvalue weighted by Gasteiger charge is 2.40. The van der Waals surface area contributed by atoms with Crippen molar-refractivity contribution in [3.8, 4) is 17.2 Å². The molecule has 4 N–H and O–H groups in total. The molecule has 0 aromatic heterocycles. The normalized spacial score (nSPS) is 16.2. The number of rotatable bonds is 6. The van der Waals surface area contributed by atoms with Crippen LogP contribution in [0, 0.1) is 5.92 Å². The van der Waals surface area contributed by atoms with E-state index < -0.39 is 21.5 Å². The average molecular weight is 444 g/mol. The van der Waals surface area contributed by atoms with E-state index in [-0.39, 0.29) is 42.2 Å². The Hall–Kier alpha value is -2.00. The van der Waals surface area contributed by atoms with E-state index in [0.29, 0.717) is 22.6 Å². The lowest BCUT2D eigenvalue weighted by Crippen LogP contribution is -2.47. The summed E-state index contributed by atoms with van der Waals surface area (Å²) in [5.74, 6) is 0.530. The Morgan fingerprint density at radius 3 is 2.41 bits per heavy atom. The second kappa shape index (κ2) is 8.39. The van der Waals surface area contributed by atoms with Crippen LogP contribution >= 0.6 is 12.4 Å². The number of ether oxygens (including phenoxy) is 2. The molecule has 0 fully saturated rings. The Balaban J connectivity index is 0.00000300. The number of sulfone groups is 1. The van der Waals surface area contributed by atoms with Gasteiger partial charge in [-0.1, -0.05) is 26.0 Å². The largest absolute Gasteiger partial charge is 0.508 e. The maximum absolute atomic E-state index is 11.6. The van der Waals surface area contributed by atoms with E-state index in [0.717, 1.165) is 6.26 Å². The Morgan fingerprint density at radius 2 is 1.79 bits per heavy atom. The molecule has 1 heterocycles. The highest BCUT2D eigenvalue weighted by molar-refractivity contribution is 7.89. The van der Waals surface area contributed by atoms with Crippen LogP contribution in [0.25, 0.3) is 0 Å². The zero-order valence-corrected chi connectivity index (χ0v) is 18.1. The maximum atomic E-state index is 11.6. The SMILES string of the molecule is CC(C)C(N)(c1ccc2c(c1)OCO2)C(O)c1ccc(O)c(CS(C)(=O)=O)c1.Cl. The van der Waals surface area contributed by atoms with Crippen molar-refractivity contribution < 1.29 is 28.1 Å². The minimum atomic E-state index is -3.36. The van der Waals surface area contributed by atoms with Gasteiger partial charge in [0.15, 0.2) is 21.3 Å². The fourth-order valence-corrected chi connectivity index (χ4v) is 4.22. The van der Waals surface area contributed by atoms with Gasteiger partial charge in [-0.25, -0.2) is 8.42 Å². The van der Waals surface area contributed by atoms with Gasteiger partial charge in [0.25, 0.3) is 0 Å². The smallest absolute Gasteiger partial charge is 0.231 e. The van der Waals surface area contributed by atoms with E-state index >= 15 is 0 Å². The number of aliphatic hydroxyl groups excluding tert-OH is 1. The molecule has 2 aromatic rings. The average Bonchev–Trinajstić information content (AvgIpc) is 3.08. The lowest BCUT2D eigenvalue weighted by Gasteiger charge is -2.39. The number of hydrogen-bond acceptors (Lipinski definition) is 7. The number of benzene rings is 2. The van der Waals surface area contributed by atoms with Gasteiger partial charge in [0.2, 0.25) is 6.79 Å². The molecule has 1 aliphatic rings. The number of nitrogens with two attached hydrogens (primary N) is 1. The van der Waals surface area contributed by atoms with Crippen LogP contribution in [-0.4, -0.2) is 31.7 Å². The van der Waals surface area contributed by atoms with Crippen LogP contribution < -0.4 is 15.2 Å². The van der Waals surface area contributed by atoms with Gasteiger partial charge in [-0.3, -0.25) is 0 Å². The second-order valence-corrected chi connectivity index (χ2v) is 9.66. The highest BCUT2D eigenvalue weighted by atomic mass is 35.5. The molecule has 9 heteroatoms. The maximum Gasteiger partial charge on any atom is 0.231 e. The Kier molecular flexibility index (Phi) is 6.74. The summed E-state index contributed by atoms with van der Waals surface area (Å²) >= 11 is 0. The van der Waals surface area contributed by atoms with Crippen molar-refractivity contribution in [2.75, 3.05) is 13.0 Å². The third-order valence-electron chi connectivity index (χ3n) is 5.12. The number of hydrogen-bond donors (Lipinski definition) is 3. The van der Waals surface area contributed by atoms with Gasteiger partial charge < -0.3 is 25.4 Å². The predicted octanol–water partition coefficient (Wildman–Crippen LogP) is 2.63. The van der Waals surface area contributed by atoms with E-state index in [9.17, 15) is 18.6 Å². The molecule has 0 aliphatic carbocycles. The molecule has 2 aromatic carbocycles. The Morgan fingerprint density at radius 1 is 1.14 bits per heavy atom. The summed E-state index contributed by atoms with van der Waals surface area (Å²) in [5.41, 5.74) is 6.84. The van der Waals surface area contributed by atoms with Crippen LogP contribution in [-0.2, 0) is 21.1 Å². The zero-order valence-electron chi connectivity index (χ0n) is 16.5. The molecule has 7 nitrogen and oxygen atoms in total. The van der Waals surface area contributed by atoms with Crippen LogP contribution in [0.3, 0.4) is 0 Å². The summed E-state index contributed by atoms with van der Waals surface area (Å²) in [7, 11) is -3.36. The van der Waals surface area contributed by atoms with Gasteiger partial charge in [-0.15, -0.1) is 12.4 Å². The molecule has 1 aliphatic heterocycles. The van der Waals surface area contributed by atoms with E-state index in [4.69, 9.17) is 15.2 Å². The molecule has 2 unspecified atom stereocenters. The van der Waals surface area contributed by atoms with Crippen molar-refractivity contribution in [1.82, 2.24) is 0 Å². The number of aliphatic hydroxyl groups is 1. The molecule has 0 radical (unpaired) electrons. The first kappa shape index (κ1) is 23.3. The van der Waals surface area contributed by atoms with Gasteiger partial charge in [0, 0.05) is 11.8 Å². The topological polar surface area (TPSA) is 119 Å². The fraction of sp³-hybridized carbons (Fsp3) is 0.400. The summed E-state index contributed by atoms with van der Waals surface area (Å²) < 4.78 is 34.1. The molecule has 0 amide bonds. The van der Waals surface area contributed by atoms with Crippen LogP contribution in [0.1, 0.15) is 36.6 Å².